The van der Waals surface area contributed by atoms with Crippen molar-refractivity contribution in [2.75, 3.05) is 0 Å². The van der Waals surface area contributed by atoms with E-state index in [1.165, 1.54) is 27.8 Å². The van der Waals surface area contributed by atoms with Crippen molar-refractivity contribution in [1.82, 2.24) is 0 Å². The van der Waals surface area contributed by atoms with Crippen LogP contribution in [0.5, 0.6) is 11.5 Å². The van der Waals surface area contributed by atoms with Gasteiger partial charge in [-0.3, -0.25) is 0 Å². The number of phenols is 2. The molecule has 0 spiro atoms. The molecule has 0 saturated heterocycles. The summed E-state index contributed by atoms with van der Waals surface area (Å²) in [6.45, 7) is 7.84. The molecule has 2 N–H and O–H groups in total. The van der Waals surface area contributed by atoms with E-state index >= 15 is 0 Å². The van der Waals surface area contributed by atoms with Gasteiger partial charge >= 0.3 is 0 Å². The maximum atomic E-state index is 10.2. The number of benzene rings is 4. The fourth-order valence-electron chi connectivity index (χ4n) is 4.78. The highest BCUT2D eigenvalue weighted by molar-refractivity contribution is 5.63. The highest BCUT2D eigenvalue weighted by Gasteiger charge is 2.17. The third-order valence-electron chi connectivity index (χ3n) is 6.56. The second-order valence-corrected chi connectivity index (χ2v) is 9.25. The summed E-state index contributed by atoms with van der Waals surface area (Å²) in [5, 5.41) is 20.4. The van der Waals surface area contributed by atoms with Gasteiger partial charge in [-0.1, -0.05) is 78.9 Å². The third-order valence-corrected chi connectivity index (χ3v) is 6.56. The van der Waals surface area contributed by atoms with E-state index in [-0.39, 0.29) is 5.92 Å². The van der Waals surface area contributed by atoms with Crippen LogP contribution in [0.3, 0.4) is 0 Å². The second kappa shape index (κ2) is 9.54. The van der Waals surface area contributed by atoms with Gasteiger partial charge < -0.3 is 10.2 Å². The van der Waals surface area contributed by atoms with E-state index < -0.39 is 0 Å². The second-order valence-electron chi connectivity index (χ2n) is 9.25. The van der Waals surface area contributed by atoms with Crippen molar-refractivity contribution in [2.24, 2.45) is 0 Å². The van der Waals surface area contributed by atoms with Crippen molar-refractivity contribution in [3.8, 4) is 22.6 Å². The number of phenolic OH excluding ortho intramolecular Hbond substituents is 2. The standard InChI is InChI=1S/C31H32O2/c1-20-14-24(15-21(2)30(20)32)18-29(19-25-16-22(3)31(33)23(4)17-25)28-12-10-27(11-13-28)26-8-6-5-7-9-26/h5-17,29,32-33H,18-19H2,1-4H3. The number of hydrogen-bond acceptors (Lipinski definition) is 2. The van der Waals surface area contributed by atoms with Gasteiger partial charge in [-0.05, 0) is 96.5 Å². The van der Waals surface area contributed by atoms with E-state index in [2.05, 4.69) is 72.8 Å². The maximum Gasteiger partial charge on any atom is 0.121 e. The summed E-state index contributed by atoms with van der Waals surface area (Å²) in [5.74, 6) is 1.04. The van der Waals surface area contributed by atoms with Crippen LogP contribution in [0.1, 0.15) is 44.9 Å². The number of rotatable bonds is 6. The van der Waals surface area contributed by atoms with Gasteiger partial charge in [0.05, 0.1) is 0 Å². The molecule has 0 aliphatic heterocycles. The van der Waals surface area contributed by atoms with Crippen LogP contribution in [0.2, 0.25) is 0 Å². The molecule has 0 amide bonds. The first-order chi connectivity index (χ1) is 15.8. The Morgan fingerprint density at radius 3 is 1.36 bits per heavy atom. The van der Waals surface area contributed by atoms with Gasteiger partial charge in [-0.2, -0.15) is 0 Å². The minimum atomic E-state index is 0.279. The quantitative estimate of drug-likeness (QED) is 0.327. The van der Waals surface area contributed by atoms with Gasteiger partial charge in [0.1, 0.15) is 11.5 Å². The molecule has 0 radical (unpaired) electrons. The van der Waals surface area contributed by atoms with Crippen molar-refractivity contribution in [1.29, 1.82) is 0 Å². The largest absolute Gasteiger partial charge is 0.507 e. The van der Waals surface area contributed by atoms with Gasteiger partial charge in [-0.25, -0.2) is 0 Å². The monoisotopic (exact) mass is 436 g/mol. The van der Waals surface area contributed by atoms with Crippen molar-refractivity contribution in [2.45, 2.75) is 46.5 Å². The fourth-order valence-corrected chi connectivity index (χ4v) is 4.78. The van der Waals surface area contributed by atoms with Crippen LogP contribution in [0, 0.1) is 27.7 Å². The van der Waals surface area contributed by atoms with Gasteiger partial charge in [0.15, 0.2) is 0 Å². The fraction of sp³-hybridized carbons (Fsp3) is 0.226. The average molecular weight is 437 g/mol. The SMILES string of the molecule is Cc1cc(CC(Cc2cc(C)c(O)c(C)c2)c2ccc(-c3ccccc3)cc2)cc(C)c1O. The molecule has 4 aromatic rings. The molecule has 0 aliphatic carbocycles. The molecule has 4 aromatic carbocycles. The zero-order valence-electron chi connectivity index (χ0n) is 19.9. The summed E-state index contributed by atoms with van der Waals surface area (Å²) in [6.07, 6.45) is 1.76. The lowest BCUT2D eigenvalue weighted by molar-refractivity contribution is 0.466. The lowest BCUT2D eigenvalue weighted by Gasteiger charge is -2.20. The van der Waals surface area contributed by atoms with E-state index in [0.29, 0.717) is 11.5 Å². The van der Waals surface area contributed by atoms with Crippen LogP contribution in [0.4, 0.5) is 0 Å². The highest BCUT2D eigenvalue weighted by atomic mass is 16.3. The zero-order chi connectivity index (χ0) is 23.5. The first-order valence-electron chi connectivity index (χ1n) is 11.6. The molecule has 0 aliphatic rings. The van der Waals surface area contributed by atoms with Gasteiger partial charge in [0.25, 0.3) is 0 Å². The average Bonchev–Trinajstić information content (AvgIpc) is 2.81. The minimum absolute atomic E-state index is 0.279. The molecular weight excluding hydrogens is 404 g/mol. The lowest BCUT2D eigenvalue weighted by Crippen LogP contribution is -2.08. The summed E-state index contributed by atoms with van der Waals surface area (Å²) in [5.41, 5.74) is 9.85. The third kappa shape index (κ3) is 5.12. The molecule has 0 heterocycles. The van der Waals surface area contributed by atoms with E-state index in [9.17, 15) is 10.2 Å². The normalized spacial score (nSPS) is 11.2. The Hall–Kier alpha value is -3.52. The van der Waals surface area contributed by atoms with Gasteiger partial charge in [0.2, 0.25) is 0 Å². The lowest BCUT2D eigenvalue weighted by atomic mass is 9.84. The van der Waals surface area contributed by atoms with Crippen LogP contribution < -0.4 is 0 Å². The molecule has 33 heavy (non-hydrogen) atoms. The van der Waals surface area contributed by atoms with Crippen molar-refractivity contribution in [3.63, 3.8) is 0 Å². The Labute approximate surface area is 197 Å². The van der Waals surface area contributed by atoms with Crippen LogP contribution >= 0.6 is 0 Å². The molecule has 0 unspecified atom stereocenters. The summed E-state index contributed by atoms with van der Waals surface area (Å²) in [6, 6.07) is 27.7. The topological polar surface area (TPSA) is 40.5 Å². The summed E-state index contributed by atoms with van der Waals surface area (Å²) < 4.78 is 0. The predicted octanol–water partition coefficient (Wildman–Crippen LogP) is 7.57. The summed E-state index contributed by atoms with van der Waals surface area (Å²) >= 11 is 0. The number of hydrogen-bond donors (Lipinski definition) is 2. The zero-order valence-corrected chi connectivity index (χ0v) is 19.9. The first kappa shape index (κ1) is 22.7. The molecule has 2 heteroatoms. The smallest absolute Gasteiger partial charge is 0.121 e. The van der Waals surface area contributed by atoms with E-state index in [1.807, 2.05) is 33.8 Å². The minimum Gasteiger partial charge on any atom is -0.507 e. The molecule has 0 aromatic heterocycles. The summed E-state index contributed by atoms with van der Waals surface area (Å²) in [7, 11) is 0. The molecule has 0 atom stereocenters. The first-order valence-corrected chi connectivity index (χ1v) is 11.6. The predicted molar refractivity (Wildman–Crippen MR) is 137 cm³/mol. The van der Waals surface area contributed by atoms with Crippen molar-refractivity contribution in [3.05, 3.63) is 118 Å². The van der Waals surface area contributed by atoms with Crippen LogP contribution in [-0.2, 0) is 12.8 Å². The maximum absolute atomic E-state index is 10.2. The number of aryl methyl sites for hydroxylation is 4. The van der Waals surface area contributed by atoms with Crippen LogP contribution in [0.15, 0.2) is 78.9 Å². The van der Waals surface area contributed by atoms with Crippen LogP contribution in [-0.4, -0.2) is 10.2 Å². The Kier molecular flexibility index (Phi) is 6.55. The Morgan fingerprint density at radius 1 is 0.545 bits per heavy atom. The van der Waals surface area contributed by atoms with Gasteiger partial charge in [-0.15, -0.1) is 0 Å². The Bertz CT molecular complexity index is 1150. The molecule has 2 nitrogen and oxygen atoms in total. The Morgan fingerprint density at radius 2 is 0.939 bits per heavy atom. The highest BCUT2D eigenvalue weighted by Crippen LogP contribution is 2.32. The molecule has 0 fully saturated rings. The van der Waals surface area contributed by atoms with Crippen LogP contribution in [0.25, 0.3) is 11.1 Å². The van der Waals surface area contributed by atoms with E-state index in [4.69, 9.17) is 0 Å². The van der Waals surface area contributed by atoms with E-state index in [0.717, 1.165) is 35.1 Å². The van der Waals surface area contributed by atoms with E-state index in [1.54, 1.807) is 0 Å². The van der Waals surface area contributed by atoms with Crippen molar-refractivity contribution < 1.29 is 10.2 Å². The molecular formula is C31H32O2. The molecule has 0 saturated carbocycles. The Balaban J connectivity index is 1.69. The molecule has 4 rings (SSSR count). The van der Waals surface area contributed by atoms with Crippen molar-refractivity contribution >= 4 is 0 Å². The van der Waals surface area contributed by atoms with Gasteiger partial charge in [0, 0.05) is 0 Å². The molecule has 168 valence electrons. The summed E-state index contributed by atoms with van der Waals surface area (Å²) in [4.78, 5) is 0. The number of aromatic hydroxyl groups is 2. The molecule has 0 bridgehead atoms.